The van der Waals surface area contributed by atoms with Crippen molar-refractivity contribution in [3.63, 3.8) is 0 Å². The summed E-state index contributed by atoms with van der Waals surface area (Å²) >= 11 is 0. The molecule has 0 spiro atoms. The summed E-state index contributed by atoms with van der Waals surface area (Å²) in [5.74, 6) is -0.546. The molecule has 0 saturated heterocycles. The van der Waals surface area contributed by atoms with Gasteiger partial charge in [-0.3, -0.25) is 14.3 Å². The molecule has 1 unspecified atom stereocenters. The van der Waals surface area contributed by atoms with E-state index in [1.807, 2.05) is 0 Å². The molecule has 8 heteroatoms. The molecule has 1 rings (SSSR count). The van der Waals surface area contributed by atoms with Gasteiger partial charge in [0.05, 0.1) is 12.7 Å². The number of nitrogens with two attached hydrogens (primary N) is 1. The predicted octanol–water partition coefficient (Wildman–Crippen LogP) is -0.969. The Hall–Kier alpha value is -1.93. The number of carbonyl (C=O) groups excluding carboxylic acids is 2. The first kappa shape index (κ1) is 17.1. The molecule has 0 aliphatic heterocycles. The Balaban J connectivity index is 2.41. The molecule has 3 N–H and O–H groups in total. The summed E-state index contributed by atoms with van der Waals surface area (Å²) in [4.78, 5) is 25.1. The molecular weight excluding hydrogens is 274 g/mol. The lowest BCUT2D eigenvalue weighted by atomic mass is 10.1. The molecule has 1 aromatic heterocycles. The summed E-state index contributed by atoms with van der Waals surface area (Å²) in [6, 6.07) is -0.815. The van der Waals surface area contributed by atoms with Gasteiger partial charge in [0.1, 0.15) is 6.04 Å². The average Bonchev–Trinajstić information content (AvgIpc) is 2.88. The van der Waals surface area contributed by atoms with Crippen LogP contribution in [-0.4, -0.2) is 60.3 Å². The molecule has 0 aromatic carbocycles. The number of rotatable bonds is 8. The van der Waals surface area contributed by atoms with Gasteiger partial charge in [0.25, 0.3) is 0 Å². The number of hydrogen-bond acceptors (Lipinski definition) is 5. The van der Waals surface area contributed by atoms with Gasteiger partial charge in [-0.25, -0.2) is 0 Å². The van der Waals surface area contributed by atoms with Crippen LogP contribution in [0.1, 0.15) is 18.0 Å². The topological polar surface area (TPSA) is 102 Å². The minimum Gasteiger partial charge on any atom is -0.385 e. The molecule has 0 saturated carbocycles. The van der Waals surface area contributed by atoms with Gasteiger partial charge in [0.15, 0.2) is 0 Å². The molecule has 118 valence electrons. The van der Waals surface area contributed by atoms with Crippen molar-refractivity contribution in [1.82, 2.24) is 20.0 Å². The van der Waals surface area contributed by atoms with Crippen molar-refractivity contribution in [3.8, 4) is 0 Å². The summed E-state index contributed by atoms with van der Waals surface area (Å²) < 4.78 is 6.46. The highest BCUT2D eigenvalue weighted by atomic mass is 16.5. The number of nitrogens with zero attached hydrogens (tertiary/aromatic N) is 3. The first-order valence-electron chi connectivity index (χ1n) is 6.70. The van der Waals surface area contributed by atoms with E-state index < -0.39 is 6.04 Å². The normalized spacial score (nSPS) is 12.0. The highest BCUT2D eigenvalue weighted by Gasteiger charge is 2.22. The number of methoxy groups -OCH3 is 1. The van der Waals surface area contributed by atoms with Crippen LogP contribution in [0.4, 0.5) is 0 Å². The molecule has 0 radical (unpaired) electrons. The monoisotopic (exact) mass is 297 g/mol. The number of aromatic nitrogens is 2. The smallest absolute Gasteiger partial charge is 0.244 e. The third-order valence-electron chi connectivity index (χ3n) is 2.95. The summed E-state index contributed by atoms with van der Waals surface area (Å²) in [6.07, 6.45) is 3.96. The third kappa shape index (κ3) is 5.52. The fourth-order valence-electron chi connectivity index (χ4n) is 1.77. The van der Waals surface area contributed by atoms with Gasteiger partial charge in [0.2, 0.25) is 11.8 Å². The van der Waals surface area contributed by atoms with Crippen molar-refractivity contribution < 1.29 is 14.3 Å². The molecule has 2 amide bonds. The van der Waals surface area contributed by atoms with E-state index in [2.05, 4.69) is 10.4 Å². The first-order valence-corrected chi connectivity index (χ1v) is 6.70. The van der Waals surface area contributed by atoms with Crippen molar-refractivity contribution in [2.75, 3.05) is 33.9 Å². The lowest BCUT2D eigenvalue weighted by Crippen LogP contribution is -2.42. The molecule has 0 fully saturated rings. The minimum absolute atomic E-state index is 0.0280. The minimum atomic E-state index is -0.815. The van der Waals surface area contributed by atoms with Crippen LogP contribution >= 0.6 is 0 Å². The Kier molecular flexibility index (Phi) is 6.83. The summed E-state index contributed by atoms with van der Waals surface area (Å²) in [7, 11) is 4.90. The summed E-state index contributed by atoms with van der Waals surface area (Å²) in [5, 5.41) is 6.69. The standard InChI is InChI=1S/C13H23N5O3/c1-17(9-11(19)15-5-4-6-21-3)13(20)12(14)10-7-16-18(2)8-10/h7-8,12H,4-6,9,14H2,1-3H3,(H,15,19). The van der Waals surface area contributed by atoms with Crippen molar-refractivity contribution in [1.29, 1.82) is 0 Å². The van der Waals surface area contributed by atoms with E-state index >= 15 is 0 Å². The van der Waals surface area contributed by atoms with E-state index in [4.69, 9.17) is 10.5 Å². The Labute approximate surface area is 124 Å². The first-order chi connectivity index (χ1) is 9.95. The van der Waals surface area contributed by atoms with Crippen LogP contribution in [0.3, 0.4) is 0 Å². The van der Waals surface area contributed by atoms with Crippen LogP contribution in [0.15, 0.2) is 12.4 Å². The fourth-order valence-corrected chi connectivity index (χ4v) is 1.77. The fraction of sp³-hybridized carbons (Fsp3) is 0.615. The summed E-state index contributed by atoms with van der Waals surface area (Å²) in [5.41, 5.74) is 6.50. The van der Waals surface area contributed by atoms with Crippen LogP contribution in [-0.2, 0) is 21.4 Å². The highest BCUT2D eigenvalue weighted by Crippen LogP contribution is 2.11. The third-order valence-corrected chi connectivity index (χ3v) is 2.95. The molecule has 0 aliphatic rings. The average molecular weight is 297 g/mol. The number of aryl methyl sites for hydroxylation is 1. The molecule has 0 aliphatic carbocycles. The number of ether oxygens (including phenoxy) is 1. The molecule has 21 heavy (non-hydrogen) atoms. The van der Waals surface area contributed by atoms with Crippen LogP contribution < -0.4 is 11.1 Å². The van der Waals surface area contributed by atoms with Crippen LogP contribution in [0.25, 0.3) is 0 Å². The number of amides is 2. The van der Waals surface area contributed by atoms with Crippen molar-refractivity contribution in [3.05, 3.63) is 18.0 Å². The lowest BCUT2D eigenvalue weighted by Gasteiger charge is -2.20. The SMILES string of the molecule is COCCCNC(=O)CN(C)C(=O)C(N)c1cnn(C)c1. The molecule has 1 heterocycles. The van der Waals surface area contributed by atoms with Gasteiger partial charge in [-0.05, 0) is 6.42 Å². The van der Waals surface area contributed by atoms with E-state index in [-0.39, 0.29) is 18.4 Å². The van der Waals surface area contributed by atoms with Crippen LogP contribution in [0.5, 0.6) is 0 Å². The second-order valence-corrected chi connectivity index (χ2v) is 4.82. The van der Waals surface area contributed by atoms with Crippen molar-refractivity contribution >= 4 is 11.8 Å². The van der Waals surface area contributed by atoms with Crippen molar-refractivity contribution in [2.24, 2.45) is 12.8 Å². The summed E-state index contributed by atoms with van der Waals surface area (Å²) in [6.45, 7) is 1.07. The van der Waals surface area contributed by atoms with E-state index in [0.717, 1.165) is 6.42 Å². The Morgan fingerprint density at radius 3 is 2.86 bits per heavy atom. The Morgan fingerprint density at radius 1 is 1.57 bits per heavy atom. The van der Waals surface area contributed by atoms with E-state index in [1.54, 1.807) is 38.3 Å². The highest BCUT2D eigenvalue weighted by molar-refractivity contribution is 5.87. The largest absolute Gasteiger partial charge is 0.385 e. The Bertz CT molecular complexity index is 474. The quantitative estimate of drug-likeness (QED) is 0.601. The second-order valence-electron chi connectivity index (χ2n) is 4.82. The van der Waals surface area contributed by atoms with E-state index in [1.165, 1.54) is 4.90 Å². The molecule has 8 nitrogen and oxygen atoms in total. The number of carbonyl (C=O) groups is 2. The maximum atomic E-state index is 12.1. The zero-order valence-corrected chi connectivity index (χ0v) is 12.7. The van der Waals surface area contributed by atoms with Gasteiger partial charge in [0, 0.05) is 46.1 Å². The predicted molar refractivity (Wildman–Crippen MR) is 77.3 cm³/mol. The van der Waals surface area contributed by atoms with E-state index in [0.29, 0.717) is 18.7 Å². The van der Waals surface area contributed by atoms with Gasteiger partial charge < -0.3 is 20.7 Å². The van der Waals surface area contributed by atoms with Crippen molar-refractivity contribution in [2.45, 2.75) is 12.5 Å². The number of likely N-dealkylation sites (N-methyl/N-ethyl adjacent to an activating group) is 1. The molecule has 1 atom stereocenters. The van der Waals surface area contributed by atoms with Gasteiger partial charge >= 0.3 is 0 Å². The maximum Gasteiger partial charge on any atom is 0.244 e. The lowest BCUT2D eigenvalue weighted by molar-refractivity contribution is -0.135. The zero-order valence-electron chi connectivity index (χ0n) is 12.7. The van der Waals surface area contributed by atoms with Gasteiger partial charge in [-0.15, -0.1) is 0 Å². The Morgan fingerprint density at radius 2 is 2.29 bits per heavy atom. The number of hydrogen-bond donors (Lipinski definition) is 2. The van der Waals surface area contributed by atoms with Gasteiger partial charge in [-0.1, -0.05) is 0 Å². The van der Waals surface area contributed by atoms with Gasteiger partial charge in [-0.2, -0.15) is 5.10 Å². The van der Waals surface area contributed by atoms with Crippen LogP contribution in [0, 0.1) is 0 Å². The van der Waals surface area contributed by atoms with E-state index in [9.17, 15) is 9.59 Å². The second kappa shape index (κ2) is 8.38. The molecule has 0 bridgehead atoms. The number of nitrogens with one attached hydrogen (secondary N) is 1. The zero-order chi connectivity index (χ0) is 15.8. The van der Waals surface area contributed by atoms with Crippen LogP contribution in [0.2, 0.25) is 0 Å². The molecular formula is C13H23N5O3. The molecule has 1 aromatic rings. The maximum absolute atomic E-state index is 12.1.